The SMILES string of the molecule is COc1cccc(NC(=O)Nc2cccc(-c3nc4ncccn4c3C)c2)c1OC. The smallest absolute Gasteiger partial charge is 0.323 e. The summed E-state index contributed by atoms with van der Waals surface area (Å²) in [5.41, 5.74) is 3.81. The van der Waals surface area contributed by atoms with Gasteiger partial charge in [-0.25, -0.2) is 14.8 Å². The lowest BCUT2D eigenvalue weighted by Gasteiger charge is -2.14. The molecule has 0 bridgehead atoms. The molecular formula is C22H21N5O3. The molecule has 8 heteroatoms. The fraction of sp³-hybridized carbons (Fsp3) is 0.136. The van der Waals surface area contributed by atoms with Crippen molar-refractivity contribution in [3.63, 3.8) is 0 Å². The highest BCUT2D eigenvalue weighted by Crippen LogP contribution is 2.34. The average molecular weight is 403 g/mol. The van der Waals surface area contributed by atoms with Crippen LogP contribution in [0.5, 0.6) is 11.5 Å². The summed E-state index contributed by atoms with van der Waals surface area (Å²) in [7, 11) is 3.07. The first-order chi connectivity index (χ1) is 14.6. The molecule has 2 heterocycles. The second kappa shape index (κ2) is 8.12. The van der Waals surface area contributed by atoms with E-state index in [9.17, 15) is 4.79 Å². The van der Waals surface area contributed by atoms with Crippen LogP contribution in [0.2, 0.25) is 0 Å². The Morgan fingerprint density at radius 3 is 2.63 bits per heavy atom. The first-order valence-corrected chi connectivity index (χ1v) is 9.30. The molecule has 2 N–H and O–H groups in total. The number of methoxy groups -OCH3 is 2. The summed E-state index contributed by atoms with van der Waals surface area (Å²) in [6.45, 7) is 1.99. The van der Waals surface area contributed by atoms with Gasteiger partial charge in [-0.05, 0) is 37.3 Å². The molecule has 0 radical (unpaired) electrons. The summed E-state index contributed by atoms with van der Waals surface area (Å²) in [6.07, 6.45) is 3.63. The number of hydrogen-bond donors (Lipinski definition) is 2. The van der Waals surface area contributed by atoms with E-state index >= 15 is 0 Å². The minimum absolute atomic E-state index is 0.396. The number of rotatable bonds is 5. The van der Waals surface area contributed by atoms with Gasteiger partial charge in [0.15, 0.2) is 11.5 Å². The molecule has 4 aromatic rings. The number of hydrogen-bond acceptors (Lipinski definition) is 5. The maximum Gasteiger partial charge on any atom is 0.323 e. The maximum atomic E-state index is 12.6. The fourth-order valence-electron chi connectivity index (χ4n) is 3.29. The van der Waals surface area contributed by atoms with Crippen molar-refractivity contribution in [3.05, 3.63) is 66.6 Å². The predicted molar refractivity (Wildman–Crippen MR) is 115 cm³/mol. The van der Waals surface area contributed by atoms with Gasteiger partial charge < -0.3 is 20.1 Å². The van der Waals surface area contributed by atoms with Crippen LogP contribution in [-0.2, 0) is 0 Å². The third-order valence-corrected chi connectivity index (χ3v) is 4.69. The third kappa shape index (κ3) is 3.62. The number of urea groups is 1. The molecule has 8 nitrogen and oxygen atoms in total. The zero-order valence-electron chi connectivity index (χ0n) is 16.8. The van der Waals surface area contributed by atoms with Crippen LogP contribution in [0, 0.1) is 6.92 Å². The van der Waals surface area contributed by atoms with Gasteiger partial charge in [-0.1, -0.05) is 18.2 Å². The normalized spacial score (nSPS) is 10.6. The number of carbonyl (C=O) groups excluding carboxylic acids is 1. The van der Waals surface area contributed by atoms with Crippen molar-refractivity contribution in [2.75, 3.05) is 24.9 Å². The van der Waals surface area contributed by atoms with E-state index in [1.165, 1.54) is 7.11 Å². The van der Waals surface area contributed by atoms with E-state index in [1.807, 2.05) is 47.9 Å². The van der Waals surface area contributed by atoms with Crippen LogP contribution in [0.3, 0.4) is 0 Å². The number of para-hydroxylation sites is 1. The van der Waals surface area contributed by atoms with Gasteiger partial charge in [-0.3, -0.25) is 4.40 Å². The number of aromatic nitrogens is 3. The first kappa shape index (κ1) is 19.3. The van der Waals surface area contributed by atoms with Crippen molar-refractivity contribution in [3.8, 4) is 22.8 Å². The topological polar surface area (TPSA) is 89.8 Å². The first-order valence-electron chi connectivity index (χ1n) is 9.30. The molecule has 0 atom stereocenters. The summed E-state index contributed by atoms with van der Waals surface area (Å²) in [5.74, 6) is 1.62. The average Bonchev–Trinajstić information content (AvgIpc) is 3.10. The molecule has 0 unspecified atom stereocenters. The van der Waals surface area contributed by atoms with Crippen LogP contribution in [0.25, 0.3) is 17.0 Å². The highest BCUT2D eigenvalue weighted by molar-refractivity contribution is 6.01. The Hall–Kier alpha value is -4.07. The molecule has 30 heavy (non-hydrogen) atoms. The molecule has 152 valence electrons. The van der Waals surface area contributed by atoms with E-state index in [-0.39, 0.29) is 0 Å². The molecule has 2 amide bonds. The van der Waals surface area contributed by atoms with Crippen molar-refractivity contribution in [1.29, 1.82) is 0 Å². The molecule has 2 aromatic heterocycles. The zero-order chi connectivity index (χ0) is 21.1. The lowest BCUT2D eigenvalue weighted by molar-refractivity contribution is 0.262. The van der Waals surface area contributed by atoms with Crippen LogP contribution in [0.1, 0.15) is 5.69 Å². The highest BCUT2D eigenvalue weighted by Gasteiger charge is 2.14. The highest BCUT2D eigenvalue weighted by atomic mass is 16.5. The maximum absolute atomic E-state index is 12.6. The molecule has 2 aromatic carbocycles. The van der Waals surface area contributed by atoms with Crippen LogP contribution < -0.4 is 20.1 Å². The van der Waals surface area contributed by atoms with Crippen molar-refractivity contribution in [2.24, 2.45) is 0 Å². The predicted octanol–water partition coefficient (Wildman–Crippen LogP) is 4.37. The molecule has 0 aliphatic heterocycles. The number of anilines is 2. The van der Waals surface area contributed by atoms with E-state index < -0.39 is 6.03 Å². The number of amides is 2. The number of ether oxygens (including phenoxy) is 2. The van der Waals surface area contributed by atoms with E-state index in [0.717, 1.165) is 17.0 Å². The van der Waals surface area contributed by atoms with Gasteiger partial charge in [0.25, 0.3) is 0 Å². The minimum Gasteiger partial charge on any atom is -0.493 e. The van der Waals surface area contributed by atoms with Crippen LogP contribution in [-0.4, -0.2) is 34.6 Å². The Labute approximate surface area is 173 Å². The van der Waals surface area contributed by atoms with E-state index in [4.69, 9.17) is 9.47 Å². The molecule has 0 aliphatic rings. The summed E-state index contributed by atoms with van der Waals surface area (Å²) < 4.78 is 12.5. The van der Waals surface area contributed by atoms with Gasteiger partial charge in [0.1, 0.15) is 0 Å². The summed E-state index contributed by atoms with van der Waals surface area (Å²) in [6, 6.07) is 14.2. The van der Waals surface area contributed by atoms with Crippen molar-refractivity contribution >= 4 is 23.2 Å². The largest absolute Gasteiger partial charge is 0.493 e. The van der Waals surface area contributed by atoms with Gasteiger partial charge in [-0.2, -0.15) is 0 Å². The minimum atomic E-state index is -0.396. The van der Waals surface area contributed by atoms with Gasteiger partial charge in [0.05, 0.1) is 25.6 Å². The van der Waals surface area contributed by atoms with Crippen molar-refractivity contribution in [1.82, 2.24) is 14.4 Å². The number of nitrogens with one attached hydrogen (secondary N) is 2. The molecule has 0 aliphatic carbocycles. The quantitative estimate of drug-likeness (QED) is 0.517. The number of nitrogens with zero attached hydrogens (tertiary/aromatic N) is 3. The standard InChI is InChI=1S/C22H21N5O3/c1-14-19(26-21-23-11-6-12-27(14)21)15-7-4-8-16(13-15)24-22(28)25-17-9-5-10-18(29-2)20(17)30-3/h4-13H,1-3H3,(H2,24,25,28). The number of benzene rings is 2. The molecule has 0 spiro atoms. The Kier molecular flexibility index (Phi) is 5.21. The van der Waals surface area contributed by atoms with Crippen LogP contribution in [0.15, 0.2) is 60.9 Å². The van der Waals surface area contributed by atoms with Gasteiger partial charge in [0, 0.05) is 29.3 Å². The van der Waals surface area contributed by atoms with Crippen molar-refractivity contribution in [2.45, 2.75) is 6.92 Å². The number of carbonyl (C=O) groups is 1. The molecule has 0 fully saturated rings. The van der Waals surface area contributed by atoms with Gasteiger partial charge >= 0.3 is 6.03 Å². The third-order valence-electron chi connectivity index (χ3n) is 4.69. The number of aryl methyl sites for hydroxylation is 1. The Morgan fingerprint density at radius 1 is 1.03 bits per heavy atom. The summed E-state index contributed by atoms with van der Waals surface area (Å²) in [4.78, 5) is 21.4. The summed E-state index contributed by atoms with van der Waals surface area (Å²) in [5, 5.41) is 5.64. The van der Waals surface area contributed by atoms with Crippen molar-refractivity contribution < 1.29 is 14.3 Å². The molecule has 0 saturated carbocycles. The lowest BCUT2D eigenvalue weighted by Crippen LogP contribution is -2.19. The second-order valence-corrected chi connectivity index (χ2v) is 6.54. The van der Waals surface area contributed by atoms with Gasteiger partial charge in [-0.15, -0.1) is 0 Å². The number of fused-ring (bicyclic) bond motifs is 1. The zero-order valence-corrected chi connectivity index (χ0v) is 16.8. The second-order valence-electron chi connectivity index (χ2n) is 6.54. The molecule has 4 rings (SSSR count). The van der Waals surface area contributed by atoms with Crippen LogP contribution in [0.4, 0.5) is 16.2 Å². The van der Waals surface area contributed by atoms with Gasteiger partial charge in [0.2, 0.25) is 5.78 Å². The Balaban J connectivity index is 1.56. The lowest BCUT2D eigenvalue weighted by atomic mass is 10.1. The van der Waals surface area contributed by atoms with E-state index in [2.05, 4.69) is 20.6 Å². The Bertz CT molecular complexity index is 1220. The summed E-state index contributed by atoms with van der Waals surface area (Å²) >= 11 is 0. The molecular weight excluding hydrogens is 382 g/mol. The Morgan fingerprint density at radius 2 is 1.87 bits per heavy atom. The monoisotopic (exact) mass is 403 g/mol. The van der Waals surface area contributed by atoms with E-state index in [1.54, 1.807) is 31.5 Å². The number of imidazole rings is 1. The fourth-order valence-corrected chi connectivity index (χ4v) is 3.29. The van der Waals surface area contributed by atoms with Crippen LogP contribution >= 0.6 is 0 Å². The van der Waals surface area contributed by atoms with E-state index in [0.29, 0.717) is 28.7 Å². The molecule has 0 saturated heterocycles.